The van der Waals surface area contributed by atoms with E-state index in [-0.39, 0.29) is 30.7 Å². The van der Waals surface area contributed by atoms with Crippen LogP contribution in [0.3, 0.4) is 0 Å². The minimum absolute atomic E-state index is 0. The largest absolute Gasteiger partial charge is 0.496 e. The third-order valence-corrected chi connectivity index (χ3v) is 5.40. The molecule has 27 heavy (non-hydrogen) atoms. The number of carbonyl (C=O) groups is 1. The molecule has 2 aliphatic rings. The molecule has 0 unspecified atom stereocenters. The van der Waals surface area contributed by atoms with Gasteiger partial charge in [0, 0.05) is 38.8 Å². The van der Waals surface area contributed by atoms with Crippen LogP contribution in [0.15, 0.2) is 12.1 Å². The summed E-state index contributed by atoms with van der Waals surface area (Å²) in [7, 11) is 1.54. The number of amides is 1. The SMILES string of the molecule is COc1cc(N)c(Cl)cc1C(=O)N1CCC(CN2CCOCC2)CC1.Cl.Cl. The van der Waals surface area contributed by atoms with Gasteiger partial charge in [0.1, 0.15) is 5.75 Å². The molecule has 2 N–H and O–H groups in total. The van der Waals surface area contributed by atoms with Gasteiger partial charge in [0.2, 0.25) is 0 Å². The number of nitrogens with two attached hydrogens (primary N) is 1. The van der Waals surface area contributed by atoms with Gasteiger partial charge in [0.15, 0.2) is 0 Å². The van der Waals surface area contributed by atoms with E-state index in [2.05, 4.69) is 4.90 Å². The number of anilines is 1. The number of hydrogen-bond acceptors (Lipinski definition) is 5. The molecule has 0 spiro atoms. The van der Waals surface area contributed by atoms with Crippen LogP contribution >= 0.6 is 36.4 Å². The second kappa shape index (κ2) is 11.2. The Morgan fingerprint density at radius 2 is 1.85 bits per heavy atom. The van der Waals surface area contributed by atoms with Crippen LogP contribution in [0.2, 0.25) is 5.02 Å². The zero-order valence-corrected chi connectivity index (χ0v) is 17.9. The van der Waals surface area contributed by atoms with E-state index in [1.54, 1.807) is 12.1 Å². The van der Waals surface area contributed by atoms with Gasteiger partial charge in [0.05, 0.1) is 36.6 Å². The molecular weight excluding hydrogens is 413 g/mol. The number of benzene rings is 1. The Balaban J connectivity index is 0.00000182. The Labute approximate surface area is 178 Å². The summed E-state index contributed by atoms with van der Waals surface area (Å²) >= 11 is 6.09. The molecule has 1 amide bonds. The Kier molecular flexibility index (Phi) is 9.98. The van der Waals surface area contributed by atoms with Crippen molar-refractivity contribution in [2.24, 2.45) is 5.92 Å². The number of hydrogen-bond donors (Lipinski definition) is 1. The number of nitrogens with zero attached hydrogens (tertiary/aromatic N) is 2. The summed E-state index contributed by atoms with van der Waals surface area (Å²) in [4.78, 5) is 17.2. The first-order valence-corrected chi connectivity index (χ1v) is 9.18. The molecule has 2 fully saturated rings. The highest BCUT2D eigenvalue weighted by Crippen LogP contribution is 2.31. The molecule has 0 bridgehead atoms. The third kappa shape index (κ3) is 6.03. The van der Waals surface area contributed by atoms with Crippen LogP contribution in [0.25, 0.3) is 0 Å². The quantitative estimate of drug-likeness (QED) is 0.729. The predicted octanol–water partition coefficient (Wildman–Crippen LogP) is 2.96. The highest BCUT2D eigenvalue weighted by atomic mass is 35.5. The molecule has 3 rings (SSSR count). The third-order valence-electron chi connectivity index (χ3n) is 5.07. The number of methoxy groups -OCH3 is 1. The molecule has 2 saturated heterocycles. The fourth-order valence-electron chi connectivity index (χ4n) is 3.54. The van der Waals surface area contributed by atoms with Crippen molar-refractivity contribution in [2.75, 3.05) is 58.8 Å². The highest BCUT2D eigenvalue weighted by Gasteiger charge is 2.27. The number of morpholine rings is 1. The molecule has 1 aromatic carbocycles. The molecule has 0 radical (unpaired) electrons. The maximum absolute atomic E-state index is 12.9. The van der Waals surface area contributed by atoms with Crippen LogP contribution in [0.1, 0.15) is 23.2 Å². The Bertz CT molecular complexity index is 619. The van der Waals surface area contributed by atoms with Gasteiger partial charge in [-0.25, -0.2) is 0 Å². The average Bonchev–Trinajstić information content (AvgIpc) is 2.64. The van der Waals surface area contributed by atoms with E-state index in [1.807, 2.05) is 4.90 Å². The molecule has 2 heterocycles. The van der Waals surface area contributed by atoms with Crippen LogP contribution < -0.4 is 10.5 Å². The van der Waals surface area contributed by atoms with Gasteiger partial charge < -0.3 is 20.1 Å². The van der Waals surface area contributed by atoms with Gasteiger partial charge in [-0.1, -0.05) is 11.6 Å². The molecule has 0 aromatic heterocycles. The standard InChI is InChI=1S/C18H26ClN3O3.2ClH/c1-24-17-11-16(20)15(19)10-14(17)18(23)22-4-2-13(3-5-22)12-21-6-8-25-9-7-21;;/h10-11,13H,2-9,12,20H2,1H3;2*1H. The molecule has 0 atom stereocenters. The molecule has 6 nitrogen and oxygen atoms in total. The van der Waals surface area contributed by atoms with Crippen LogP contribution in [0.4, 0.5) is 5.69 Å². The summed E-state index contributed by atoms with van der Waals surface area (Å²) in [6.07, 6.45) is 2.04. The smallest absolute Gasteiger partial charge is 0.257 e. The van der Waals surface area contributed by atoms with Crippen molar-refractivity contribution in [3.05, 3.63) is 22.7 Å². The summed E-state index contributed by atoms with van der Waals surface area (Å²) in [5, 5.41) is 0.381. The second-order valence-corrected chi connectivity index (χ2v) is 7.13. The second-order valence-electron chi connectivity index (χ2n) is 6.72. The van der Waals surface area contributed by atoms with E-state index in [0.29, 0.717) is 27.9 Å². The van der Waals surface area contributed by atoms with E-state index in [1.165, 1.54) is 7.11 Å². The van der Waals surface area contributed by atoms with Crippen molar-refractivity contribution in [1.29, 1.82) is 0 Å². The zero-order chi connectivity index (χ0) is 17.8. The summed E-state index contributed by atoms with van der Waals surface area (Å²) in [5.74, 6) is 1.07. The monoisotopic (exact) mass is 439 g/mol. The number of rotatable bonds is 4. The maximum atomic E-state index is 12.9. The first kappa shape index (κ1) is 24.1. The summed E-state index contributed by atoms with van der Waals surface area (Å²) in [5.41, 5.74) is 6.70. The average molecular weight is 441 g/mol. The topological polar surface area (TPSA) is 68.0 Å². The van der Waals surface area contributed by atoms with Crippen LogP contribution in [0, 0.1) is 5.92 Å². The molecule has 9 heteroatoms. The van der Waals surface area contributed by atoms with E-state index in [9.17, 15) is 4.79 Å². The van der Waals surface area contributed by atoms with E-state index >= 15 is 0 Å². The minimum atomic E-state index is -0.0384. The number of halogens is 3. The van der Waals surface area contributed by atoms with Gasteiger partial charge in [0.25, 0.3) is 5.91 Å². The predicted molar refractivity (Wildman–Crippen MR) is 113 cm³/mol. The van der Waals surface area contributed by atoms with Crippen molar-refractivity contribution >= 4 is 48.0 Å². The van der Waals surface area contributed by atoms with Crippen molar-refractivity contribution in [3.63, 3.8) is 0 Å². The number of ether oxygens (including phenoxy) is 2. The lowest BCUT2D eigenvalue weighted by molar-refractivity contribution is 0.0242. The van der Waals surface area contributed by atoms with Gasteiger partial charge in [-0.3, -0.25) is 9.69 Å². The van der Waals surface area contributed by atoms with Crippen molar-refractivity contribution in [3.8, 4) is 5.75 Å². The van der Waals surface area contributed by atoms with Gasteiger partial charge in [-0.05, 0) is 24.8 Å². The van der Waals surface area contributed by atoms with Crippen molar-refractivity contribution < 1.29 is 14.3 Å². The van der Waals surface area contributed by atoms with Crippen molar-refractivity contribution in [1.82, 2.24) is 9.80 Å². The molecular formula is C18H28Cl3N3O3. The zero-order valence-electron chi connectivity index (χ0n) is 15.5. The summed E-state index contributed by atoms with van der Waals surface area (Å²) < 4.78 is 10.7. The van der Waals surface area contributed by atoms with Gasteiger partial charge in [-0.2, -0.15) is 0 Å². The molecule has 0 aliphatic carbocycles. The van der Waals surface area contributed by atoms with E-state index in [4.69, 9.17) is 26.8 Å². The van der Waals surface area contributed by atoms with Crippen molar-refractivity contribution in [2.45, 2.75) is 12.8 Å². The Hall–Kier alpha value is -0.920. The highest BCUT2D eigenvalue weighted by molar-refractivity contribution is 6.33. The molecule has 1 aromatic rings. The maximum Gasteiger partial charge on any atom is 0.257 e. The molecule has 2 aliphatic heterocycles. The fourth-order valence-corrected chi connectivity index (χ4v) is 3.71. The Morgan fingerprint density at radius 3 is 2.44 bits per heavy atom. The van der Waals surface area contributed by atoms with E-state index in [0.717, 1.165) is 58.8 Å². The molecule has 0 saturated carbocycles. The van der Waals surface area contributed by atoms with E-state index < -0.39 is 0 Å². The first-order chi connectivity index (χ1) is 12.1. The molecule has 154 valence electrons. The fraction of sp³-hybridized carbons (Fsp3) is 0.611. The minimum Gasteiger partial charge on any atom is -0.496 e. The van der Waals surface area contributed by atoms with Gasteiger partial charge >= 0.3 is 0 Å². The lowest BCUT2D eigenvalue weighted by atomic mass is 9.95. The van der Waals surface area contributed by atoms with Crippen LogP contribution in [0.5, 0.6) is 5.75 Å². The van der Waals surface area contributed by atoms with Gasteiger partial charge in [-0.15, -0.1) is 24.8 Å². The number of nitrogen functional groups attached to an aromatic ring is 1. The number of likely N-dealkylation sites (tertiary alicyclic amines) is 1. The Morgan fingerprint density at radius 1 is 1.22 bits per heavy atom. The van der Waals surface area contributed by atoms with Crippen LogP contribution in [-0.2, 0) is 4.74 Å². The summed E-state index contributed by atoms with van der Waals surface area (Å²) in [6.45, 7) is 6.31. The van der Waals surface area contributed by atoms with Crippen LogP contribution in [-0.4, -0.2) is 68.8 Å². The normalized spacial score (nSPS) is 18.4. The number of carbonyl (C=O) groups excluding carboxylic acids is 1. The lowest BCUT2D eigenvalue weighted by Gasteiger charge is -2.36. The first-order valence-electron chi connectivity index (χ1n) is 8.81. The lowest BCUT2D eigenvalue weighted by Crippen LogP contribution is -2.44. The number of piperidine rings is 1. The summed E-state index contributed by atoms with van der Waals surface area (Å²) in [6, 6.07) is 3.22.